The van der Waals surface area contributed by atoms with E-state index in [9.17, 15) is 8.42 Å². The second-order valence-corrected chi connectivity index (χ2v) is 9.22. The van der Waals surface area contributed by atoms with E-state index in [-0.39, 0.29) is 9.90 Å². The summed E-state index contributed by atoms with van der Waals surface area (Å²) in [5.41, 5.74) is 0.267. The first-order chi connectivity index (χ1) is 12.5. The molecule has 10 heteroatoms. The fraction of sp³-hybridized carbons (Fsp3) is 0.250. The average molecular weight is 412 g/mol. The van der Waals surface area contributed by atoms with Gasteiger partial charge >= 0.3 is 0 Å². The molecule has 1 N–H and O–H groups in total. The Morgan fingerprint density at radius 2 is 2.08 bits per heavy atom. The molecular weight excluding hydrogens is 398 g/mol. The van der Waals surface area contributed by atoms with Gasteiger partial charge in [-0.3, -0.25) is 4.72 Å². The Kier molecular flexibility index (Phi) is 4.37. The predicted octanol–water partition coefficient (Wildman–Crippen LogP) is 4.14. The minimum Gasteiger partial charge on any atom is -0.495 e. The maximum atomic E-state index is 12.7. The minimum atomic E-state index is -3.81. The fourth-order valence-electron chi connectivity index (χ4n) is 2.36. The summed E-state index contributed by atoms with van der Waals surface area (Å²) in [6.07, 6.45) is 2.11. The summed E-state index contributed by atoms with van der Waals surface area (Å²) in [6.45, 7) is 0. The molecule has 0 unspecified atom stereocenters. The van der Waals surface area contributed by atoms with E-state index in [4.69, 9.17) is 20.8 Å². The number of sulfonamides is 1. The molecule has 3 aromatic rings. The quantitative estimate of drug-likeness (QED) is 0.655. The van der Waals surface area contributed by atoms with Crippen LogP contribution in [0.5, 0.6) is 5.75 Å². The summed E-state index contributed by atoms with van der Waals surface area (Å²) in [5, 5.41) is 8.42. The van der Waals surface area contributed by atoms with Crippen LogP contribution in [0.1, 0.15) is 24.7 Å². The van der Waals surface area contributed by atoms with Crippen LogP contribution >= 0.6 is 22.9 Å². The van der Waals surface area contributed by atoms with Gasteiger partial charge in [0.1, 0.15) is 9.96 Å². The summed E-state index contributed by atoms with van der Waals surface area (Å²) < 4.78 is 38.8. The van der Waals surface area contributed by atoms with Gasteiger partial charge in [0.05, 0.1) is 17.7 Å². The van der Waals surface area contributed by atoms with Crippen molar-refractivity contribution in [1.29, 1.82) is 0 Å². The summed E-state index contributed by atoms with van der Waals surface area (Å²) >= 11 is 7.01. The Morgan fingerprint density at radius 1 is 1.27 bits per heavy atom. The molecule has 2 heterocycles. The topological polar surface area (TPSA) is 94.3 Å². The number of benzene rings is 1. The van der Waals surface area contributed by atoms with Crippen LogP contribution in [0, 0.1) is 0 Å². The summed E-state index contributed by atoms with van der Waals surface area (Å²) in [5.74, 6) is 1.66. The molecule has 2 aromatic heterocycles. The van der Waals surface area contributed by atoms with Crippen LogP contribution in [0.25, 0.3) is 10.8 Å². The molecule has 0 bridgehead atoms. The van der Waals surface area contributed by atoms with Gasteiger partial charge in [-0.15, -0.1) is 21.5 Å². The SMILES string of the molecule is COc1ccc(Cl)cc1NS(=O)(=O)c1ccc(-c2nnc(C3CC3)o2)s1. The zero-order valence-electron chi connectivity index (χ0n) is 13.6. The van der Waals surface area contributed by atoms with Crippen LogP contribution in [-0.4, -0.2) is 25.7 Å². The first-order valence-corrected chi connectivity index (χ1v) is 10.4. The monoisotopic (exact) mass is 411 g/mol. The molecule has 0 amide bonds. The number of nitrogens with one attached hydrogen (secondary N) is 1. The van der Waals surface area contributed by atoms with Gasteiger partial charge in [-0.25, -0.2) is 8.42 Å². The Labute approximate surface area is 159 Å². The van der Waals surface area contributed by atoms with Crippen LogP contribution in [-0.2, 0) is 10.0 Å². The molecule has 1 aliphatic rings. The average Bonchev–Trinajstić information content (AvgIpc) is 3.12. The molecule has 1 aromatic carbocycles. The Hall–Kier alpha value is -2.10. The first-order valence-electron chi connectivity index (χ1n) is 7.76. The molecular formula is C16H14ClN3O4S2. The van der Waals surface area contributed by atoms with Crippen LogP contribution in [0.3, 0.4) is 0 Å². The highest BCUT2D eigenvalue weighted by atomic mass is 35.5. The predicted molar refractivity (Wildman–Crippen MR) is 98.4 cm³/mol. The third kappa shape index (κ3) is 3.42. The normalized spacial score (nSPS) is 14.4. The lowest BCUT2D eigenvalue weighted by atomic mass is 10.3. The summed E-state index contributed by atoms with van der Waals surface area (Å²) in [7, 11) is -2.35. The van der Waals surface area contributed by atoms with Crippen molar-refractivity contribution in [3.63, 3.8) is 0 Å². The summed E-state index contributed by atoms with van der Waals surface area (Å²) in [6, 6.07) is 7.86. The molecule has 4 rings (SSSR count). The largest absolute Gasteiger partial charge is 0.495 e. The Bertz CT molecular complexity index is 1060. The van der Waals surface area contributed by atoms with Crippen molar-refractivity contribution in [2.75, 3.05) is 11.8 Å². The van der Waals surface area contributed by atoms with E-state index < -0.39 is 10.0 Å². The van der Waals surface area contributed by atoms with E-state index in [1.807, 2.05) is 0 Å². The molecule has 1 aliphatic carbocycles. The van der Waals surface area contributed by atoms with Gasteiger partial charge in [0, 0.05) is 10.9 Å². The van der Waals surface area contributed by atoms with Gasteiger partial charge in [-0.05, 0) is 43.2 Å². The number of methoxy groups -OCH3 is 1. The second kappa shape index (κ2) is 6.57. The zero-order chi connectivity index (χ0) is 18.3. The van der Waals surface area contributed by atoms with Gasteiger partial charge in [-0.1, -0.05) is 11.6 Å². The maximum Gasteiger partial charge on any atom is 0.271 e. The fourth-order valence-corrected chi connectivity index (χ4v) is 4.82. The van der Waals surface area contributed by atoms with Crippen molar-refractivity contribution < 1.29 is 17.6 Å². The van der Waals surface area contributed by atoms with Crippen LogP contribution in [0.15, 0.2) is 39.0 Å². The molecule has 7 nitrogen and oxygen atoms in total. The smallest absolute Gasteiger partial charge is 0.271 e. The molecule has 0 radical (unpaired) electrons. The van der Waals surface area contributed by atoms with Crippen molar-refractivity contribution in [3.05, 3.63) is 41.2 Å². The standard InChI is InChI=1S/C16H14ClN3O4S2/c1-23-12-5-4-10(17)8-11(12)20-26(21,22)14-7-6-13(25-14)16-19-18-15(24-16)9-2-3-9/h4-9,20H,2-3H2,1H3. The second-order valence-electron chi connectivity index (χ2n) is 5.79. The zero-order valence-corrected chi connectivity index (χ0v) is 16.0. The molecule has 1 saturated carbocycles. The molecule has 0 saturated heterocycles. The van der Waals surface area contributed by atoms with Crippen molar-refractivity contribution in [3.8, 4) is 16.5 Å². The summed E-state index contributed by atoms with van der Waals surface area (Å²) in [4.78, 5) is 0.600. The maximum absolute atomic E-state index is 12.7. The van der Waals surface area contributed by atoms with Gasteiger partial charge < -0.3 is 9.15 Å². The molecule has 0 spiro atoms. The Balaban J connectivity index is 1.60. The molecule has 0 aliphatic heterocycles. The number of thiophene rings is 1. The van der Waals surface area contributed by atoms with Crippen molar-refractivity contribution >= 4 is 38.6 Å². The number of halogens is 1. The lowest BCUT2D eigenvalue weighted by Crippen LogP contribution is -2.12. The highest BCUT2D eigenvalue weighted by Gasteiger charge is 2.30. The van der Waals surface area contributed by atoms with E-state index in [1.165, 1.54) is 19.2 Å². The van der Waals surface area contributed by atoms with Crippen molar-refractivity contribution in [1.82, 2.24) is 10.2 Å². The van der Waals surface area contributed by atoms with Crippen molar-refractivity contribution in [2.24, 2.45) is 0 Å². The number of anilines is 1. The number of aromatic nitrogens is 2. The van der Waals surface area contributed by atoms with Crippen LogP contribution < -0.4 is 9.46 Å². The van der Waals surface area contributed by atoms with Gasteiger partial charge in [-0.2, -0.15) is 0 Å². The molecule has 1 fully saturated rings. The van der Waals surface area contributed by atoms with E-state index >= 15 is 0 Å². The number of hydrogen-bond acceptors (Lipinski definition) is 7. The van der Waals surface area contributed by atoms with Gasteiger partial charge in [0.2, 0.25) is 5.89 Å². The highest BCUT2D eigenvalue weighted by molar-refractivity contribution is 7.94. The lowest BCUT2D eigenvalue weighted by molar-refractivity contribution is 0.417. The number of hydrogen-bond donors (Lipinski definition) is 1. The number of rotatable bonds is 6. The third-order valence-electron chi connectivity index (χ3n) is 3.83. The van der Waals surface area contributed by atoms with Crippen molar-refractivity contribution in [2.45, 2.75) is 23.0 Å². The van der Waals surface area contributed by atoms with E-state index in [0.717, 1.165) is 24.2 Å². The number of ether oxygens (including phenoxy) is 1. The minimum absolute atomic E-state index is 0.126. The van der Waals surface area contributed by atoms with Gasteiger partial charge in [0.25, 0.3) is 15.9 Å². The van der Waals surface area contributed by atoms with Crippen LogP contribution in [0.4, 0.5) is 5.69 Å². The molecule has 0 atom stereocenters. The van der Waals surface area contributed by atoms with E-state index in [1.54, 1.807) is 18.2 Å². The molecule has 26 heavy (non-hydrogen) atoms. The Morgan fingerprint density at radius 3 is 2.81 bits per heavy atom. The first kappa shape index (κ1) is 17.3. The van der Waals surface area contributed by atoms with Gasteiger partial charge in [0.15, 0.2) is 0 Å². The van der Waals surface area contributed by atoms with E-state index in [2.05, 4.69) is 14.9 Å². The number of nitrogens with zero attached hydrogens (tertiary/aromatic N) is 2. The van der Waals surface area contributed by atoms with Crippen LogP contribution in [0.2, 0.25) is 5.02 Å². The highest BCUT2D eigenvalue weighted by Crippen LogP contribution is 2.41. The lowest BCUT2D eigenvalue weighted by Gasteiger charge is -2.11. The van der Waals surface area contributed by atoms with E-state index in [0.29, 0.717) is 33.3 Å². The molecule has 136 valence electrons. The third-order valence-corrected chi connectivity index (χ3v) is 7.00.